The van der Waals surface area contributed by atoms with E-state index in [2.05, 4.69) is 29.6 Å². The number of hydrogen-bond donors (Lipinski definition) is 2. The Hall–Kier alpha value is -3.00. The van der Waals surface area contributed by atoms with E-state index >= 15 is 0 Å². The van der Waals surface area contributed by atoms with Gasteiger partial charge in [0.25, 0.3) is 0 Å². The van der Waals surface area contributed by atoms with Gasteiger partial charge in [0.05, 0.1) is 18.4 Å². The Morgan fingerprint density at radius 2 is 1.71 bits per heavy atom. The molecule has 3 atom stereocenters. The Balaban J connectivity index is 1.22. The minimum Gasteiger partial charge on any atom is -0.481 e. The number of aliphatic carboxylic acids is 1. The minimum atomic E-state index is -0.893. The number of ether oxygens (including phenoxy) is 1. The largest absolute Gasteiger partial charge is 0.481 e. The maximum Gasteiger partial charge on any atom is 0.407 e. The lowest BCUT2D eigenvalue weighted by Gasteiger charge is -2.37. The number of carbonyl (C=O) groups excluding carboxylic acids is 2. The van der Waals surface area contributed by atoms with Crippen LogP contribution >= 0.6 is 11.8 Å². The molecule has 2 N–H and O–H groups in total. The molecule has 2 amide bonds. The average molecular weight is 495 g/mol. The molecule has 1 saturated heterocycles. The molecule has 1 saturated carbocycles. The fraction of sp³-hybridized carbons (Fsp3) is 0.444. The number of nitrogens with one attached hydrogen (secondary N) is 1. The van der Waals surface area contributed by atoms with Crippen LogP contribution in [0.2, 0.25) is 0 Å². The summed E-state index contributed by atoms with van der Waals surface area (Å²) in [6.07, 6.45) is 1.70. The van der Waals surface area contributed by atoms with Crippen molar-refractivity contribution in [2.24, 2.45) is 5.92 Å². The van der Waals surface area contributed by atoms with Gasteiger partial charge >= 0.3 is 12.1 Å². The van der Waals surface area contributed by atoms with Gasteiger partial charge in [-0.15, -0.1) is 0 Å². The summed E-state index contributed by atoms with van der Waals surface area (Å²) in [5, 5.41) is 12.2. The second-order valence-electron chi connectivity index (χ2n) is 9.47. The lowest BCUT2D eigenvalue weighted by molar-refractivity contribution is -0.142. The number of rotatable bonds is 6. The topological polar surface area (TPSA) is 95.9 Å². The Labute approximate surface area is 209 Å². The van der Waals surface area contributed by atoms with Crippen LogP contribution in [-0.2, 0) is 14.3 Å². The summed E-state index contributed by atoms with van der Waals surface area (Å²) in [4.78, 5) is 39.2. The van der Waals surface area contributed by atoms with E-state index in [0.29, 0.717) is 25.1 Å². The van der Waals surface area contributed by atoms with Gasteiger partial charge in [-0.25, -0.2) is 4.79 Å². The van der Waals surface area contributed by atoms with Crippen molar-refractivity contribution in [3.8, 4) is 11.1 Å². The van der Waals surface area contributed by atoms with E-state index in [1.165, 1.54) is 11.1 Å². The van der Waals surface area contributed by atoms with E-state index in [0.717, 1.165) is 23.3 Å². The van der Waals surface area contributed by atoms with Crippen molar-refractivity contribution in [2.75, 3.05) is 24.7 Å². The number of carboxylic acids is 1. The number of amides is 2. The molecule has 2 fully saturated rings. The van der Waals surface area contributed by atoms with Crippen LogP contribution < -0.4 is 5.32 Å². The fourth-order valence-electron chi connectivity index (χ4n) is 5.75. The van der Waals surface area contributed by atoms with E-state index in [1.807, 2.05) is 24.3 Å². The van der Waals surface area contributed by atoms with Gasteiger partial charge in [-0.3, -0.25) is 9.59 Å². The number of fused-ring (bicyclic) bond motifs is 3. The molecule has 2 aliphatic carbocycles. The number of thioether (sulfide) groups is 1. The Bertz CT molecular complexity index is 1080. The van der Waals surface area contributed by atoms with Crippen LogP contribution in [0.15, 0.2) is 48.5 Å². The first kappa shape index (κ1) is 23.7. The maximum atomic E-state index is 13.4. The summed E-state index contributed by atoms with van der Waals surface area (Å²) in [7, 11) is 0. The quantitative estimate of drug-likeness (QED) is 0.628. The molecule has 35 heavy (non-hydrogen) atoms. The molecule has 0 aromatic heterocycles. The molecule has 0 bridgehead atoms. The van der Waals surface area contributed by atoms with E-state index in [1.54, 1.807) is 16.7 Å². The molecular formula is C27H30N2O5S. The molecule has 7 nitrogen and oxygen atoms in total. The van der Waals surface area contributed by atoms with Crippen LogP contribution in [0.5, 0.6) is 0 Å². The molecule has 3 aliphatic rings. The summed E-state index contributed by atoms with van der Waals surface area (Å²) < 4.78 is 5.69. The lowest BCUT2D eigenvalue weighted by atomic mass is 9.98. The molecule has 3 unspecified atom stereocenters. The number of carbonyl (C=O) groups is 3. The van der Waals surface area contributed by atoms with E-state index in [9.17, 15) is 19.5 Å². The lowest BCUT2D eigenvalue weighted by Crippen LogP contribution is -2.52. The van der Waals surface area contributed by atoms with Crippen LogP contribution in [0.4, 0.5) is 4.79 Å². The Morgan fingerprint density at radius 1 is 1.03 bits per heavy atom. The minimum absolute atomic E-state index is 0.0169. The first-order chi connectivity index (χ1) is 17.0. The summed E-state index contributed by atoms with van der Waals surface area (Å²) in [5.41, 5.74) is 4.66. The highest BCUT2D eigenvalue weighted by Gasteiger charge is 2.40. The SMILES string of the molecule is O=C(O)CC1CSCCN1C(=O)C1CCCC1NC(=O)OCC1c2ccccc2-c2ccccc21. The molecule has 5 rings (SSSR count). The van der Waals surface area contributed by atoms with Gasteiger partial charge in [-0.1, -0.05) is 55.0 Å². The molecule has 2 aromatic carbocycles. The number of alkyl carbamates (subject to hydrolysis) is 1. The molecule has 0 radical (unpaired) electrons. The highest BCUT2D eigenvalue weighted by atomic mass is 32.2. The zero-order valence-corrected chi connectivity index (χ0v) is 20.3. The highest BCUT2D eigenvalue weighted by Crippen LogP contribution is 2.44. The molecule has 1 aliphatic heterocycles. The molecule has 184 valence electrons. The Morgan fingerprint density at radius 3 is 2.40 bits per heavy atom. The van der Waals surface area contributed by atoms with E-state index in [-0.39, 0.29) is 42.9 Å². The molecule has 0 spiro atoms. The predicted octanol–water partition coefficient (Wildman–Crippen LogP) is 4.11. The molecule has 2 aromatic rings. The van der Waals surface area contributed by atoms with Crippen molar-refractivity contribution in [2.45, 2.75) is 43.7 Å². The number of hydrogen-bond acceptors (Lipinski definition) is 5. The maximum absolute atomic E-state index is 13.4. The van der Waals surface area contributed by atoms with Gasteiger partial charge in [-0.05, 0) is 35.1 Å². The fourth-order valence-corrected chi connectivity index (χ4v) is 6.81. The van der Waals surface area contributed by atoms with E-state index < -0.39 is 12.1 Å². The first-order valence-electron chi connectivity index (χ1n) is 12.2. The summed E-state index contributed by atoms with van der Waals surface area (Å²) in [5.74, 6) is 0.147. The van der Waals surface area contributed by atoms with Crippen LogP contribution in [-0.4, -0.2) is 64.7 Å². The monoisotopic (exact) mass is 494 g/mol. The van der Waals surface area contributed by atoms with Crippen LogP contribution in [0.3, 0.4) is 0 Å². The van der Waals surface area contributed by atoms with Crippen molar-refractivity contribution in [1.82, 2.24) is 10.2 Å². The van der Waals surface area contributed by atoms with Gasteiger partial charge in [0.1, 0.15) is 6.61 Å². The Kier molecular flexibility index (Phi) is 7.00. The third-order valence-corrected chi connectivity index (χ3v) is 8.49. The third-order valence-electron chi connectivity index (χ3n) is 7.40. The standard InChI is InChI=1S/C27H30N2O5S/c30-25(31)14-17-16-35-13-12-29(17)26(32)22-10-5-11-24(22)28-27(33)34-15-23-20-8-3-1-6-18(20)19-7-2-4-9-21(19)23/h1-4,6-9,17,22-24H,5,10-16H2,(H,28,33)(H,30,31). The second-order valence-corrected chi connectivity index (χ2v) is 10.6. The summed E-state index contributed by atoms with van der Waals surface area (Å²) in [6, 6.07) is 15.8. The van der Waals surface area contributed by atoms with Gasteiger partial charge in [0, 0.05) is 30.0 Å². The smallest absolute Gasteiger partial charge is 0.407 e. The normalized spacial score (nSPS) is 23.4. The van der Waals surface area contributed by atoms with Crippen molar-refractivity contribution < 1.29 is 24.2 Å². The zero-order valence-electron chi connectivity index (χ0n) is 19.5. The van der Waals surface area contributed by atoms with E-state index in [4.69, 9.17) is 4.74 Å². The molecular weight excluding hydrogens is 464 g/mol. The van der Waals surface area contributed by atoms with Gasteiger partial charge < -0.3 is 20.1 Å². The van der Waals surface area contributed by atoms with Gasteiger partial charge in [0.15, 0.2) is 0 Å². The van der Waals surface area contributed by atoms with Crippen LogP contribution in [0.25, 0.3) is 11.1 Å². The zero-order chi connectivity index (χ0) is 24.4. The summed E-state index contributed by atoms with van der Waals surface area (Å²) in [6.45, 7) is 0.783. The van der Waals surface area contributed by atoms with Crippen LogP contribution in [0.1, 0.15) is 42.7 Å². The average Bonchev–Trinajstić information content (AvgIpc) is 3.45. The predicted molar refractivity (Wildman–Crippen MR) is 134 cm³/mol. The van der Waals surface area contributed by atoms with Crippen molar-refractivity contribution in [1.29, 1.82) is 0 Å². The number of carboxylic acid groups (broad SMARTS) is 1. The van der Waals surface area contributed by atoms with Gasteiger partial charge in [-0.2, -0.15) is 11.8 Å². The van der Waals surface area contributed by atoms with Crippen molar-refractivity contribution >= 4 is 29.7 Å². The van der Waals surface area contributed by atoms with Crippen molar-refractivity contribution in [3.63, 3.8) is 0 Å². The van der Waals surface area contributed by atoms with Gasteiger partial charge in [0.2, 0.25) is 5.91 Å². The third kappa shape index (κ3) is 4.89. The highest BCUT2D eigenvalue weighted by molar-refractivity contribution is 7.99. The summed E-state index contributed by atoms with van der Waals surface area (Å²) >= 11 is 1.68. The number of nitrogens with zero attached hydrogens (tertiary/aromatic N) is 1. The number of benzene rings is 2. The van der Waals surface area contributed by atoms with Crippen molar-refractivity contribution in [3.05, 3.63) is 59.7 Å². The first-order valence-corrected chi connectivity index (χ1v) is 13.4. The molecule has 8 heteroatoms. The van der Waals surface area contributed by atoms with Crippen LogP contribution in [0, 0.1) is 5.92 Å². The second kappa shape index (κ2) is 10.3. The molecule has 1 heterocycles.